The van der Waals surface area contributed by atoms with Gasteiger partial charge in [0.2, 0.25) is 5.91 Å². The number of carbonyl (C=O) groups is 1. The number of piperazine rings is 1. The highest BCUT2D eigenvalue weighted by molar-refractivity contribution is 6.31. The quantitative estimate of drug-likeness (QED) is 0.556. The Morgan fingerprint density at radius 1 is 1.25 bits per heavy atom. The average molecular weight is 412 g/mol. The molecule has 0 unspecified atom stereocenters. The van der Waals surface area contributed by atoms with Gasteiger partial charge in [-0.1, -0.05) is 31.5 Å². The maximum atomic E-state index is 13.3. The van der Waals surface area contributed by atoms with Gasteiger partial charge in [-0.05, 0) is 17.7 Å². The van der Waals surface area contributed by atoms with Crippen LogP contribution in [0.1, 0.15) is 26.3 Å². The lowest BCUT2D eigenvalue weighted by molar-refractivity contribution is -0.130. The van der Waals surface area contributed by atoms with Crippen molar-refractivity contribution in [2.45, 2.75) is 26.2 Å². The summed E-state index contributed by atoms with van der Waals surface area (Å²) in [6, 6.07) is 4.51. The van der Waals surface area contributed by atoms with Gasteiger partial charge in [-0.15, -0.1) is 0 Å². The zero-order valence-corrected chi connectivity index (χ0v) is 17.9. The molecular weight excluding hydrogens is 381 g/mol. The molecule has 28 heavy (non-hydrogen) atoms. The Hall–Kier alpha value is -1.86. The Morgan fingerprint density at radius 3 is 2.50 bits per heavy atom. The first-order chi connectivity index (χ1) is 13.2. The molecule has 0 aliphatic carbocycles. The predicted molar refractivity (Wildman–Crippen MR) is 112 cm³/mol. The van der Waals surface area contributed by atoms with Crippen LogP contribution in [0, 0.1) is 5.82 Å². The van der Waals surface area contributed by atoms with Crippen molar-refractivity contribution < 1.29 is 9.18 Å². The normalized spacial score (nSPS) is 16.2. The highest BCUT2D eigenvalue weighted by atomic mass is 35.5. The summed E-state index contributed by atoms with van der Waals surface area (Å²) in [6.07, 6.45) is 0. The van der Waals surface area contributed by atoms with Crippen molar-refractivity contribution in [3.05, 3.63) is 34.6 Å². The van der Waals surface area contributed by atoms with E-state index in [9.17, 15) is 9.18 Å². The number of carbonyl (C=O) groups excluding carboxylic acids is 1. The summed E-state index contributed by atoms with van der Waals surface area (Å²) in [5.74, 6) is 0.527. The standard InChI is InChI=1S/C20H31ClFN5O/c1-15(28)27-11-9-26(10-12-27)8-7-24-19(23-4)25-14-20(2,3)17-6-5-16(22)13-18(17)21/h5-6,13H,7-12,14H2,1-4H3,(H2,23,24,25). The first-order valence-corrected chi connectivity index (χ1v) is 9.98. The summed E-state index contributed by atoms with van der Waals surface area (Å²) in [6.45, 7) is 11.3. The van der Waals surface area contributed by atoms with Crippen molar-refractivity contribution >= 4 is 23.5 Å². The molecular formula is C20H31ClFN5O. The molecule has 1 saturated heterocycles. The van der Waals surface area contributed by atoms with E-state index in [1.165, 1.54) is 12.1 Å². The van der Waals surface area contributed by atoms with Crippen LogP contribution in [-0.2, 0) is 10.2 Å². The number of rotatable bonds is 6. The minimum absolute atomic E-state index is 0.145. The van der Waals surface area contributed by atoms with E-state index in [0.717, 1.165) is 44.8 Å². The number of aliphatic imine (C=N–C) groups is 1. The van der Waals surface area contributed by atoms with E-state index in [1.807, 2.05) is 4.90 Å². The lowest BCUT2D eigenvalue weighted by atomic mass is 9.84. The third-order valence-corrected chi connectivity index (χ3v) is 5.43. The summed E-state index contributed by atoms with van der Waals surface area (Å²) in [5.41, 5.74) is 0.604. The van der Waals surface area contributed by atoms with E-state index >= 15 is 0 Å². The summed E-state index contributed by atoms with van der Waals surface area (Å²) < 4.78 is 13.3. The van der Waals surface area contributed by atoms with Gasteiger partial charge in [-0.25, -0.2) is 4.39 Å². The number of hydrogen-bond acceptors (Lipinski definition) is 3. The van der Waals surface area contributed by atoms with Crippen LogP contribution in [0.3, 0.4) is 0 Å². The van der Waals surface area contributed by atoms with E-state index in [2.05, 4.69) is 34.4 Å². The van der Waals surface area contributed by atoms with Gasteiger partial charge in [-0.2, -0.15) is 0 Å². The van der Waals surface area contributed by atoms with Crippen LogP contribution in [0.25, 0.3) is 0 Å². The molecule has 6 nitrogen and oxygen atoms in total. The fourth-order valence-corrected chi connectivity index (χ4v) is 3.70. The molecule has 8 heteroatoms. The first-order valence-electron chi connectivity index (χ1n) is 9.61. The fraction of sp³-hybridized carbons (Fsp3) is 0.600. The van der Waals surface area contributed by atoms with Crippen LogP contribution in [-0.4, -0.2) is 74.5 Å². The zero-order chi connectivity index (χ0) is 20.7. The highest BCUT2D eigenvalue weighted by Gasteiger charge is 2.24. The summed E-state index contributed by atoms with van der Waals surface area (Å²) in [5, 5.41) is 7.08. The molecule has 1 amide bonds. The van der Waals surface area contributed by atoms with Crippen molar-refractivity contribution in [1.29, 1.82) is 0 Å². The first kappa shape index (κ1) is 22.4. The van der Waals surface area contributed by atoms with Crippen molar-refractivity contribution in [2.75, 3.05) is 52.9 Å². The van der Waals surface area contributed by atoms with Gasteiger partial charge >= 0.3 is 0 Å². The van der Waals surface area contributed by atoms with Gasteiger partial charge in [0, 0.05) is 70.2 Å². The molecule has 2 rings (SSSR count). The maximum Gasteiger partial charge on any atom is 0.219 e. The highest BCUT2D eigenvalue weighted by Crippen LogP contribution is 2.29. The topological polar surface area (TPSA) is 60.0 Å². The van der Waals surface area contributed by atoms with E-state index in [0.29, 0.717) is 17.5 Å². The Morgan fingerprint density at radius 2 is 1.93 bits per heavy atom. The molecule has 0 radical (unpaired) electrons. The number of amides is 1. The molecule has 1 fully saturated rings. The van der Waals surface area contributed by atoms with Crippen LogP contribution in [0.5, 0.6) is 0 Å². The van der Waals surface area contributed by atoms with Crippen LogP contribution >= 0.6 is 11.6 Å². The second-order valence-electron chi connectivity index (χ2n) is 7.71. The van der Waals surface area contributed by atoms with Crippen LogP contribution < -0.4 is 10.6 Å². The average Bonchev–Trinajstić information content (AvgIpc) is 2.64. The molecule has 0 atom stereocenters. The summed E-state index contributed by atoms with van der Waals surface area (Å²) in [7, 11) is 1.73. The molecule has 0 bridgehead atoms. The number of nitrogens with one attached hydrogen (secondary N) is 2. The van der Waals surface area contributed by atoms with E-state index < -0.39 is 0 Å². The minimum Gasteiger partial charge on any atom is -0.356 e. The molecule has 156 valence electrons. The SMILES string of the molecule is CN=C(NCCN1CCN(C(C)=O)CC1)NCC(C)(C)c1ccc(F)cc1Cl. The second-order valence-corrected chi connectivity index (χ2v) is 8.12. The Kier molecular flexibility index (Phi) is 8.07. The molecule has 0 spiro atoms. The minimum atomic E-state index is -0.334. The van der Waals surface area contributed by atoms with E-state index in [4.69, 9.17) is 11.6 Å². The number of hydrogen-bond donors (Lipinski definition) is 2. The smallest absolute Gasteiger partial charge is 0.219 e. The number of halogens is 2. The third-order valence-electron chi connectivity index (χ3n) is 5.12. The summed E-state index contributed by atoms with van der Waals surface area (Å²) >= 11 is 6.22. The van der Waals surface area contributed by atoms with Crippen LogP contribution in [0.4, 0.5) is 4.39 Å². The molecule has 1 aliphatic rings. The van der Waals surface area contributed by atoms with Gasteiger partial charge in [0.25, 0.3) is 0 Å². The van der Waals surface area contributed by atoms with Crippen molar-refractivity contribution in [3.8, 4) is 0 Å². The van der Waals surface area contributed by atoms with Gasteiger partial charge in [0.15, 0.2) is 5.96 Å². The Labute approximate surface area is 172 Å². The molecule has 1 aromatic rings. The largest absolute Gasteiger partial charge is 0.356 e. The number of benzene rings is 1. The number of nitrogens with zero attached hydrogens (tertiary/aromatic N) is 3. The fourth-order valence-electron chi connectivity index (χ4n) is 3.28. The zero-order valence-electron chi connectivity index (χ0n) is 17.2. The van der Waals surface area contributed by atoms with E-state index in [1.54, 1.807) is 20.0 Å². The lowest BCUT2D eigenvalue weighted by Gasteiger charge is -2.34. The van der Waals surface area contributed by atoms with Crippen LogP contribution in [0.2, 0.25) is 5.02 Å². The van der Waals surface area contributed by atoms with E-state index in [-0.39, 0.29) is 17.1 Å². The molecule has 1 heterocycles. The summed E-state index contributed by atoms with van der Waals surface area (Å²) in [4.78, 5) is 19.9. The monoisotopic (exact) mass is 411 g/mol. The predicted octanol–water partition coefficient (Wildman–Crippen LogP) is 2.09. The van der Waals surface area contributed by atoms with Gasteiger partial charge in [-0.3, -0.25) is 14.7 Å². The van der Waals surface area contributed by atoms with Crippen LogP contribution in [0.15, 0.2) is 23.2 Å². The van der Waals surface area contributed by atoms with Crippen molar-refractivity contribution in [3.63, 3.8) is 0 Å². The molecule has 1 aliphatic heterocycles. The third kappa shape index (κ3) is 6.34. The van der Waals surface area contributed by atoms with Crippen molar-refractivity contribution in [2.24, 2.45) is 4.99 Å². The Bertz CT molecular complexity index is 702. The maximum absolute atomic E-state index is 13.3. The number of guanidine groups is 1. The van der Waals surface area contributed by atoms with Gasteiger partial charge in [0.05, 0.1) is 0 Å². The van der Waals surface area contributed by atoms with Crippen molar-refractivity contribution in [1.82, 2.24) is 20.4 Å². The Balaban J connectivity index is 1.77. The lowest BCUT2D eigenvalue weighted by Crippen LogP contribution is -2.50. The molecule has 1 aromatic carbocycles. The molecule has 0 saturated carbocycles. The molecule has 0 aromatic heterocycles. The molecule has 2 N–H and O–H groups in total. The second kappa shape index (κ2) is 10.1. The van der Waals surface area contributed by atoms with Gasteiger partial charge in [0.1, 0.15) is 5.82 Å². The van der Waals surface area contributed by atoms with Gasteiger partial charge < -0.3 is 15.5 Å².